The molecule has 1 aliphatic heterocycles. The zero-order valence-corrected chi connectivity index (χ0v) is 12.1. The Labute approximate surface area is 123 Å². The highest BCUT2D eigenvalue weighted by Gasteiger charge is 2.37. The van der Waals surface area contributed by atoms with Gasteiger partial charge in [-0.3, -0.25) is 9.59 Å². The average molecular weight is 291 g/mol. The lowest BCUT2D eigenvalue weighted by Gasteiger charge is -2.29. The number of fused-ring (bicyclic) bond motifs is 1. The maximum atomic E-state index is 11.6. The predicted octanol–water partition coefficient (Wildman–Crippen LogP) is 0.365. The molecule has 0 saturated heterocycles. The first kappa shape index (κ1) is 15.5. The molecule has 0 bridgehead atoms. The Hall–Kier alpha value is -1.86. The van der Waals surface area contributed by atoms with E-state index in [9.17, 15) is 14.6 Å². The van der Waals surface area contributed by atoms with Crippen LogP contribution in [0.1, 0.15) is 29.8 Å². The number of hydrogen-bond acceptors (Lipinski definition) is 5. The van der Waals surface area contributed by atoms with E-state index in [2.05, 4.69) is 5.32 Å². The van der Waals surface area contributed by atoms with E-state index < -0.39 is 13.1 Å². The Morgan fingerprint density at radius 1 is 1.52 bits per heavy atom. The first-order chi connectivity index (χ1) is 10.0. The molecule has 0 fully saturated rings. The molecule has 7 heteroatoms. The van der Waals surface area contributed by atoms with Crippen molar-refractivity contribution in [2.45, 2.75) is 26.2 Å². The van der Waals surface area contributed by atoms with Crippen molar-refractivity contribution in [3.8, 4) is 5.75 Å². The first-order valence-electron chi connectivity index (χ1n) is 6.87. The number of rotatable bonds is 5. The molecule has 1 atom stereocenters. The van der Waals surface area contributed by atoms with Crippen molar-refractivity contribution in [2.24, 2.45) is 0 Å². The molecule has 0 radical (unpaired) electrons. The van der Waals surface area contributed by atoms with Crippen LogP contribution in [0, 0.1) is 0 Å². The van der Waals surface area contributed by atoms with Crippen LogP contribution in [-0.4, -0.2) is 43.0 Å². The topological polar surface area (TPSA) is 84.9 Å². The molecule has 0 saturated carbocycles. The Morgan fingerprint density at radius 2 is 2.29 bits per heavy atom. The number of carbonyl (C=O) groups excluding carboxylic acids is 2. The van der Waals surface area contributed by atoms with Gasteiger partial charge in [0.2, 0.25) is 5.91 Å². The lowest BCUT2D eigenvalue weighted by molar-refractivity contribution is -0.125. The van der Waals surface area contributed by atoms with Gasteiger partial charge in [-0.1, -0.05) is 12.1 Å². The van der Waals surface area contributed by atoms with Crippen LogP contribution < -0.4 is 9.97 Å². The number of amides is 1. The average Bonchev–Trinajstić information content (AvgIpc) is 2.45. The lowest BCUT2D eigenvalue weighted by atomic mass is 9.72. The van der Waals surface area contributed by atoms with Crippen LogP contribution in [0.3, 0.4) is 0 Å². The summed E-state index contributed by atoms with van der Waals surface area (Å²) in [4.78, 5) is 23.2. The lowest BCUT2D eigenvalue weighted by Crippen LogP contribution is -2.53. The van der Waals surface area contributed by atoms with Crippen molar-refractivity contribution in [1.29, 1.82) is 0 Å². The maximum Gasteiger partial charge on any atom is 0.547 e. The van der Waals surface area contributed by atoms with Crippen molar-refractivity contribution in [1.82, 2.24) is 5.32 Å². The van der Waals surface area contributed by atoms with Crippen LogP contribution >= 0.6 is 0 Å². The molecule has 0 spiro atoms. The van der Waals surface area contributed by atoms with E-state index >= 15 is 0 Å². The molecule has 0 unspecified atom stereocenters. The van der Waals surface area contributed by atoms with Crippen molar-refractivity contribution >= 4 is 18.8 Å². The Balaban J connectivity index is 2.12. The van der Waals surface area contributed by atoms with Crippen LogP contribution in [0.4, 0.5) is 0 Å². The van der Waals surface area contributed by atoms with Gasteiger partial charge < -0.3 is 19.7 Å². The second-order valence-electron chi connectivity index (χ2n) is 4.87. The number of ether oxygens (including phenoxy) is 1. The fourth-order valence-electron chi connectivity index (χ4n) is 2.27. The normalized spacial score (nSPS) is 16.9. The summed E-state index contributed by atoms with van der Waals surface area (Å²) in [7, 11) is -1.19. The molecule has 1 aromatic carbocycles. The highest BCUT2D eigenvalue weighted by Crippen LogP contribution is 2.30. The summed E-state index contributed by atoms with van der Waals surface area (Å²) < 4.78 is 10.4. The fourth-order valence-corrected chi connectivity index (χ4v) is 2.27. The van der Waals surface area contributed by atoms with Gasteiger partial charge in [0.15, 0.2) is 5.78 Å². The smallest absolute Gasteiger partial charge is 0.534 e. The highest BCUT2D eigenvalue weighted by atomic mass is 16.5. The van der Waals surface area contributed by atoms with E-state index in [1.807, 2.05) is 6.07 Å². The molecule has 112 valence electrons. The summed E-state index contributed by atoms with van der Waals surface area (Å²) in [5, 5.41) is 12.7. The summed E-state index contributed by atoms with van der Waals surface area (Å²) >= 11 is 0. The molecule has 1 amide bonds. The van der Waals surface area contributed by atoms with E-state index in [0.29, 0.717) is 24.3 Å². The third-order valence-electron chi connectivity index (χ3n) is 3.28. The molecule has 6 nitrogen and oxygen atoms in total. The van der Waals surface area contributed by atoms with Crippen LogP contribution in [-0.2, 0) is 16.0 Å². The highest BCUT2D eigenvalue weighted by molar-refractivity contribution is 6.47. The van der Waals surface area contributed by atoms with E-state index in [1.54, 1.807) is 19.1 Å². The monoisotopic (exact) mass is 291 g/mol. The van der Waals surface area contributed by atoms with E-state index in [0.717, 1.165) is 5.56 Å². The number of benzene rings is 1. The number of hydrogen-bond donors (Lipinski definition) is 2. The Morgan fingerprint density at radius 3 is 2.95 bits per heavy atom. The zero-order chi connectivity index (χ0) is 15.4. The van der Waals surface area contributed by atoms with E-state index in [4.69, 9.17) is 9.39 Å². The van der Waals surface area contributed by atoms with Crippen LogP contribution in [0.5, 0.6) is 5.75 Å². The van der Waals surface area contributed by atoms with Gasteiger partial charge >= 0.3 is 7.12 Å². The van der Waals surface area contributed by atoms with Crippen molar-refractivity contribution in [3.05, 3.63) is 29.3 Å². The van der Waals surface area contributed by atoms with Gasteiger partial charge in [0.05, 0.1) is 11.5 Å². The van der Waals surface area contributed by atoms with Crippen molar-refractivity contribution in [2.75, 3.05) is 13.2 Å². The number of Topliss-reactive ketones (excluding diaryl/α,β-unsaturated/α-hetero) is 1. The first-order valence-corrected chi connectivity index (χ1v) is 6.87. The minimum absolute atomic E-state index is 0.0555. The Bertz CT molecular complexity index is 548. The van der Waals surface area contributed by atoms with Gasteiger partial charge in [0, 0.05) is 6.61 Å². The van der Waals surface area contributed by atoms with Gasteiger partial charge in [0.25, 0.3) is 0 Å². The quantitative estimate of drug-likeness (QED) is 0.604. The second kappa shape index (κ2) is 6.73. The molecule has 2 N–H and O–H groups in total. The summed E-state index contributed by atoms with van der Waals surface area (Å²) in [5.74, 6) is -0.603. The van der Waals surface area contributed by atoms with Gasteiger partial charge in [0.1, 0.15) is 12.4 Å². The fraction of sp³-hybridized carbons (Fsp3) is 0.429. The summed E-state index contributed by atoms with van der Waals surface area (Å²) in [5.41, 5.74) is 1.22. The third kappa shape index (κ3) is 3.62. The SMILES string of the molecule is CCOCC(=O)N[C@H]1Cc2cccc(C(C)=O)c2OB1O. The van der Waals surface area contributed by atoms with Gasteiger partial charge in [-0.05, 0) is 31.9 Å². The van der Waals surface area contributed by atoms with Crippen LogP contribution in [0.25, 0.3) is 0 Å². The minimum Gasteiger partial charge on any atom is -0.534 e. The molecule has 1 aromatic rings. The second-order valence-corrected chi connectivity index (χ2v) is 4.87. The largest absolute Gasteiger partial charge is 0.547 e. The number of ketones is 1. The van der Waals surface area contributed by atoms with Crippen molar-refractivity contribution < 1.29 is 24.0 Å². The number of nitrogens with one attached hydrogen (secondary N) is 1. The molecular formula is C14H18BNO5. The summed E-state index contributed by atoms with van der Waals surface area (Å²) in [6.45, 7) is 3.63. The van der Waals surface area contributed by atoms with Crippen LogP contribution in [0.15, 0.2) is 18.2 Å². The molecular weight excluding hydrogens is 273 g/mol. The standard InChI is InChI=1S/C14H18BNO5/c1-3-20-8-13(18)16-12-7-10-5-4-6-11(9(2)17)14(10)21-15(12)19/h4-6,12,19H,3,7-8H2,1-2H3,(H,16,18)/t12-/m0/s1. The molecule has 21 heavy (non-hydrogen) atoms. The maximum absolute atomic E-state index is 11.6. The Kier molecular flexibility index (Phi) is 4.98. The van der Waals surface area contributed by atoms with Crippen LogP contribution in [0.2, 0.25) is 0 Å². The van der Waals surface area contributed by atoms with Gasteiger partial charge in [-0.2, -0.15) is 0 Å². The summed E-state index contributed by atoms with van der Waals surface area (Å²) in [6.07, 6.45) is 0.398. The van der Waals surface area contributed by atoms with Crippen molar-refractivity contribution in [3.63, 3.8) is 0 Å². The third-order valence-corrected chi connectivity index (χ3v) is 3.28. The number of para-hydroxylation sites is 1. The molecule has 1 heterocycles. The van der Waals surface area contributed by atoms with E-state index in [1.165, 1.54) is 6.92 Å². The van der Waals surface area contributed by atoms with Gasteiger partial charge in [-0.25, -0.2) is 0 Å². The molecule has 0 aromatic heterocycles. The number of carbonyl (C=O) groups is 2. The predicted molar refractivity (Wildman–Crippen MR) is 77.2 cm³/mol. The molecule has 2 rings (SSSR count). The summed E-state index contributed by atoms with van der Waals surface area (Å²) in [6, 6.07) is 5.23. The molecule has 1 aliphatic rings. The van der Waals surface area contributed by atoms with Gasteiger partial charge in [-0.15, -0.1) is 0 Å². The minimum atomic E-state index is -1.19. The molecule has 0 aliphatic carbocycles. The van der Waals surface area contributed by atoms with E-state index in [-0.39, 0.29) is 18.3 Å². The zero-order valence-electron chi connectivity index (χ0n) is 12.1.